The maximum absolute atomic E-state index is 13.6. The molecule has 0 spiro atoms. The first-order valence-electron chi connectivity index (χ1n) is 13.7. The van der Waals surface area contributed by atoms with Crippen molar-refractivity contribution in [1.82, 2.24) is 30.1 Å². The van der Waals surface area contributed by atoms with Crippen molar-refractivity contribution >= 4 is 22.3 Å². The Kier molecular flexibility index (Phi) is 7.16. The SMILES string of the molecule is COc1ccc2[nH]c(=O)c(C(c3nnnn3C3CCCCC3)N3CCN(c4ccc([N+](=O)[O-])cc4)CC3)cc2c1. The molecule has 0 amide bonds. The van der Waals surface area contributed by atoms with Crippen molar-refractivity contribution in [3.8, 4) is 5.75 Å². The molecule has 1 N–H and O–H groups in total. The molecule has 12 nitrogen and oxygen atoms in total. The van der Waals surface area contributed by atoms with Crippen LogP contribution in [0, 0.1) is 10.1 Å². The van der Waals surface area contributed by atoms with Gasteiger partial charge in [-0.25, -0.2) is 4.68 Å². The molecule has 40 heavy (non-hydrogen) atoms. The van der Waals surface area contributed by atoms with Gasteiger partial charge in [-0.3, -0.25) is 19.8 Å². The number of H-pyrrole nitrogens is 1. The molecule has 2 aliphatic rings. The lowest BCUT2D eigenvalue weighted by Gasteiger charge is -2.40. The van der Waals surface area contributed by atoms with Crippen LogP contribution in [-0.4, -0.2) is 68.3 Å². The number of pyridine rings is 1. The molecule has 1 unspecified atom stereocenters. The number of anilines is 1. The van der Waals surface area contributed by atoms with Crippen molar-refractivity contribution in [1.29, 1.82) is 0 Å². The van der Waals surface area contributed by atoms with Crippen LogP contribution in [0.25, 0.3) is 10.9 Å². The van der Waals surface area contributed by atoms with Crippen LogP contribution in [0.15, 0.2) is 53.3 Å². The minimum atomic E-state index is -0.435. The maximum atomic E-state index is 13.6. The van der Waals surface area contributed by atoms with E-state index < -0.39 is 6.04 Å². The van der Waals surface area contributed by atoms with Crippen molar-refractivity contribution in [3.63, 3.8) is 0 Å². The summed E-state index contributed by atoms with van der Waals surface area (Å²) in [5.41, 5.74) is 2.17. The summed E-state index contributed by atoms with van der Waals surface area (Å²) in [5.74, 6) is 1.40. The molecule has 0 radical (unpaired) electrons. The van der Waals surface area contributed by atoms with Gasteiger partial charge in [0.05, 0.1) is 18.1 Å². The van der Waals surface area contributed by atoms with E-state index in [1.54, 1.807) is 19.2 Å². The standard InChI is InChI=1S/C28H32N8O4/c1-40-23-11-12-25-19(17-23)18-24(28(37)29-25)26(27-30-31-32-35(27)21-5-3-2-4-6-21)34-15-13-33(14-16-34)20-7-9-22(10-8-20)36(38)39/h7-12,17-18,21,26H,2-6,13-16H2,1H3,(H,29,37). The number of aromatic amines is 1. The normalized spacial score (nSPS) is 17.7. The highest BCUT2D eigenvalue weighted by Crippen LogP contribution is 2.34. The largest absolute Gasteiger partial charge is 0.497 e. The Morgan fingerprint density at radius 1 is 1.02 bits per heavy atom. The molecule has 1 atom stereocenters. The van der Waals surface area contributed by atoms with Crippen molar-refractivity contribution in [2.75, 3.05) is 38.2 Å². The van der Waals surface area contributed by atoms with E-state index in [9.17, 15) is 14.9 Å². The lowest BCUT2D eigenvalue weighted by molar-refractivity contribution is -0.384. The molecule has 1 saturated carbocycles. The molecule has 0 bridgehead atoms. The van der Waals surface area contributed by atoms with E-state index in [2.05, 4.69) is 30.3 Å². The van der Waals surface area contributed by atoms with Gasteiger partial charge in [-0.05, 0) is 59.7 Å². The van der Waals surface area contributed by atoms with Crippen LogP contribution in [0.2, 0.25) is 0 Å². The average Bonchev–Trinajstić information content (AvgIpc) is 3.48. The Labute approximate surface area is 230 Å². The number of hydrogen-bond acceptors (Lipinski definition) is 9. The summed E-state index contributed by atoms with van der Waals surface area (Å²) in [6.45, 7) is 2.71. The quantitative estimate of drug-likeness (QED) is 0.272. The second kappa shape index (κ2) is 11.0. The molecule has 4 aromatic rings. The predicted molar refractivity (Wildman–Crippen MR) is 150 cm³/mol. The van der Waals surface area contributed by atoms with Gasteiger partial charge in [0.1, 0.15) is 11.8 Å². The average molecular weight is 545 g/mol. The first-order chi connectivity index (χ1) is 19.5. The highest BCUT2D eigenvalue weighted by molar-refractivity contribution is 5.80. The number of rotatable bonds is 7. The monoisotopic (exact) mass is 544 g/mol. The van der Waals surface area contributed by atoms with Gasteiger partial charge in [0, 0.05) is 60.5 Å². The van der Waals surface area contributed by atoms with Crippen LogP contribution in [-0.2, 0) is 0 Å². The van der Waals surface area contributed by atoms with Gasteiger partial charge in [0.2, 0.25) is 0 Å². The lowest BCUT2D eigenvalue weighted by Crippen LogP contribution is -2.49. The van der Waals surface area contributed by atoms with Crippen LogP contribution < -0.4 is 15.2 Å². The van der Waals surface area contributed by atoms with E-state index in [1.165, 1.54) is 18.6 Å². The smallest absolute Gasteiger partial charge is 0.269 e. The summed E-state index contributed by atoms with van der Waals surface area (Å²) in [4.78, 5) is 31.8. The highest BCUT2D eigenvalue weighted by Gasteiger charge is 2.34. The first kappa shape index (κ1) is 25.9. The van der Waals surface area contributed by atoms with E-state index in [1.807, 2.05) is 28.9 Å². The molecule has 12 heteroatoms. The second-order valence-corrected chi connectivity index (χ2v) is 10.5. The molecule has 2 fully saturated rings. The summed E-state index contributed by atoms with van der Waals surface area (Å²) in [7, 11) is 1.62. The third-order valence-electron chi connectivity index (χ3n) is 8.16. The highest BCUT2D eigenvalue weighted by atomic mass is 16.6. The molecule has 2 aromatic heterocycles. The van der Waals surface area contributed by atoms with Crippen LogP contribution >= 0.6 is 0 Å². The number of nitrogens with zero attached hydrogens (tertiary/aromatic N) is 7. The number of fused-ring (bicyclic) bond motifs is 1. The summed E-state index contributed by atoms with van der Waals surface area (Å²) in [6.07, 6.45) is 5.53. The number of tetrazole rings is 1. The zero-order valence-corrected chi connectivity index (χ0v) is 22.4. The molecule has 3 heterocycles. The Hall–Kier alpha value is -4.32. The number of nitro benzene ring substituents is 1. The summed E-state index contributed by atoms with van der Waals surface area (Å²) >= 11 is 0. The Bertz CT molecular complexity index is 1550. The molecule has 208 valence electrons. The number of benzene rings is 2. The molecular weight excluding hydrogens is 512 g/mol. The van der Waals surface area contributed by atoms with Gasteiger partial charge in [-0.1, -0.05) is 19.3 Å². The number of non-ortho nitro benzene ring substituents is 1. The second-order valence-electron chi connectivity index (χ2n) is 10.5. The van der Waals surface area contributed by atoms with E-state index in [0.29, 0.717) is 43.3 Å². The fraction of sp³-hybridized carbons (Fsp3) is 0.429. The summed E-state index contributed by atoms with van der Waals surface area (Å²) in [6, 6.07) is 14.0. The number of aromatic nitrogens is 5. The van der Waals surface area contributed by atoms with E-state index in [4.69, 9.17) is 4.74 Å². The third-order valence-corrected chi connectivity index (χ3v) is 8.16. The van der Waals surface area contributed by atoms with E-state index in [-0.39, 0.29) is 22.2 Å². The van der Waals surface area contributed by atoms with Gasteiger partial charge in [0.25, 0.3) is 11.2 Å². The van der Waals surface area contributed by atoms with Gasteiger partial charge >= 0.3 is 0 Å². The minimum Gasteiger partial charge on any atom is -0.497 e. The van der Waals surface area contributed by atoms with Crippen LogP contribution in [0.3, 0.4) is 0 Å². The summed E-state index contributed by atoms with van der Waals surface area (Å²) < 4.78 is 7.38. The van der Waals surface area contributed by atoms with Gasteiger partial charge in [0.15, 0.2) is 5.82 Å². The molecular formula is C28H32N8O4. The van der Waals surface area contributed by atoms with Crippen molar-refractivity contribution in [3.05, 3.63) is 80.4 Å². The van der Waals surface area contributed by atoms with E-state index in [0.717, 1.165) is 42.3 Å². The van der Waals surface area contributed by atoms with E-state index >= 15 is 0 Å². The molecule has 2 aromatic carbocycles. The van der Waals surface area contributed by atoms with Crippen molar-refractivity contribution < 1.29 is 9.66 Å². The zero-order chi connectivity index (χ0) is 27.6. The summed E-state index contributed by atoms with van der Waals surface area (Å²) in [5, 5.41) is 25.0. The Balaban J connectivity index is 1.36. The number of hydrogen-bond donors (Lipinski definition) is 1. The van der Waals surface area contributed by atoms with Crippen LogP contribution in [0.4, 0.5) is 11.4 Å². The molecule has 1 aliphatic heterocycles. The first-order valence-corrected chi connectivity index (χ1v) is 13.7. The van der Waals surface area contributed by atoms with Gasteiger partial charge in [-0.15, -0.1) is 5.10 Å². The number of nitro groups is 1. The minimum absolute atomic E-state index is 0.0733. The number of piperazine rings is 1. The molecule has 1 saturated heterocycles. The number of ether oxygens (including phenoxy) is 1. The predicted octanol–water partition coefficient (Wildman–Crippen LogP) is 3.85. The zero-order valence-electron chi connectivity index (χ0n) is 22.4. The molecule has 1 aliphatic carbocycles. The maximum Gasteiger partial charge on any atom is 0.269 e. The van der Waals surface area contributed by atoms with Crippen molar-refractivity contribution in [2.24, 2.45) is 0 Å². The Morgan fingerprint density at radius 2 is 1.77 bits per heavy atom. The molecule has 6 rings (SSSR count). The van der Waals surface area contributed by atoms with Gasteiger partial charge in [-0.2, -0.15) is 0 Å². The number of methoxy groups -OCH3 is 1. The van der Waals surface area contributed by atoms with Crippen LogP contribution in [0.1, 0.15) is 55.6 Å². The lowest BCUT2D eigenvalue weighted by atomic mass is 9.95. The number of nitrogens with one attached hydrogen (secondary N) is 1. The van der Waals surface area contributed by atoms with Crippen LogP contribution in [0.5, 0.6) is 5.75 Å². The third kappa shape index (κ3) is 5.02. The fourth-order valence-electron chi connectivity index (χ4n) is 6.02. The fourth-order valence-corrected chi connectivity index (χ4v) is 6.02. The Morgan fingerprint density at radius 3 is 2.48 bits per heavy atom. The van der Waals surface area contributed by atoms with Gasteiger partial charge < -0.3 is 14.6 Å². The topological polar surface area (TPSA) is 135 Å². The van der Waals surface area contributed by atoms with Crippen molar-refractivity contribution in [2.45, 2.75) is 44.2 Å².